The molecule has 0 saturated heterocycles. The van der Waals surface area contributed by atoms with Crippen LogP contribution in [0.25, 0.3) is 11.4 Å². The van der Waals surface area contributed by atoms with Crippen LogP contribution in [0.2, 0.25) is 0 Å². The van der Waals surface area contributed by atoms with Gasteiger partial charge in [0.15, 0.2) is 5.82 Å². The Morgan fingerprint density at radius 1 is 1.26 bits per heavy atom. The van der Waals surface area contributed by atoms with Crippen LogP contribution in [0.1, 0.15) is 46.1 Å². The molecule has 0 bridgehead atoms. The molecular weight excluding hydrogens is 340 g/mol. The summed E-state index contributed by atoms with van der Waals surface area (Å²) in [7, 11) is 0. The smallest absolute Gasteiger partial charge is 0.255 e. The van der Waals surface area contributed by atoms with E-state index in [2.05, 4.69) is 15.3 Å². The highest BCUT2D eigenvalue weighted by molar-refractivity contribution is 5.97. The molecule has 1 amide bonds. The van der Waals surface area contributed by atoms with E-state index in [0.29, 0.717) is 5.82 Å². The molecule has 2 N–H and O–H groups in total. The molecule has 0 saturated carbocycles. The van der Waals surface area contributed by atoms with Gasteiger partial charge in [-0.3, -0.25) is 9.78 Å². The zero-order valence-corrected chi connectivity index (χ0v) is 15.0. The van der Waals surface area contributed by atoms with Crippen LogP contribution < -0.4 is 5.32 Å². The van der Waals surface area contributed by atoms with Crippen LogP contribution in [0, 0.1) is 6.92 Å². The normalized spacial score (nSPS) is 15.8. The van der Waals surface area contributed by atoms with Crippen LogP contribution in [-0.2, 0) is 6.42 Å². The molecule has 0 unspecified atom stereocenters. The summed E-state index contributed by atoms with van der Waals surface area (Å²) in [6.45, 7) is 1.87. The molecule has 3 aromatic rings. The number of fused-ring (bicyclic) bond motifs is 1. The minimum absolute atomic E-state index is 0.00768. The molecule has 1 aromatic carbocycles. The maximum atomic E-state index is 12.6. The van der Waals surface area contributed by atoms with Gasteiger partial charge in [0.2, 0.25) is 0 Å². The number of amides is 1. The Morgan fingerprint density at radius 2 is 2.15 bits per heavy atom. The largest absolute Gasteiger partial charge is 0.507 e. The monoisotopic (exact) mass is 360 g/mol. The lowest BCUT2D eigenvalue weighted by atomic mass is 9.92. The molecular formula is C21H20N4O2. The van der Waals surface area contributed by atoms with Crippen LogP contribution in [0.4, 0.5) is 0 Å². The van der Waals surface area contributed by atoms with Gasteiger partial charge in [-0.15, -0.1) is 0 Å². The predicted molar refractivity (Wildman–Crippen MR) is 101 cm³/mol. The fourth-order valence-electron chi connectivity index (χ4n) is 3.40. The number of nitrogens with zero attached hydrogens (tertiary/aromatic N) is 3. The van der Waals surface area contributed by atoms with Crippen molar-refractivity contribution in [3.63, 3.8) is 0 Å². The van der Waals surface area contributed by atoms with Gasteiger partial charge in [0, 0.05) is 35.4 Å². The lowest BCUT2D eigenvalue weighted by Gasteiger charge is -2.25. The van der Waals surface area contributed by atoms with Crippen molar-refractivity contribution in [2.45, 2.75) is 32.2 Å². The second kappa shape index (κ2) is 7.15. The number of phenolic OH excluding ortho intramolecular Hbond substituents is 1. The molecule has 4 rings (SSSR count). The van der Waals surface area contributed by atoms with Crippen molar-refractivity contribution in [2.75, 3.05) is 0 Å². The summed E-state index contributed by atoms with van der Waals surface area (Å²) in [6, 6.07) is 8.67. The van der Waals surface area contributed by atoms with Gasteiger partial charge >= 0.3 is 0 Å². The highest BCUT2D eigenvalue weighted by atomic mass is 16.3. The van der Waals surface area contributed by atoms with E-state index in [9.17, 15) is 9.90 Å². The summed E-state index contributed by atoms with van der Waals surface area (Å²) in [4.78, 5) is 25.9. The maximum Gasteiger partial charge on any atom is 0.255 e. The van der Waals surface area contributed by atoms with E-state index in [4.69, 9.17) is 4.98 Å². The lowest BCUT2D eigenvalue weighted by molar-refractivity contribution is 0.0930. The minimum Gasteiger partial charge on any atom is -0.507 e. The van der Waals surface area contributed by atoms with E-state index >= 15 is 0 Å². The molecule has 2 aromatic heterocycles. The van der Waals surface area contributed by atoms with E-state index in [0.717, 1.165) is 41.6 Å². The molecule has 1 atom stereocenters. The Bertz CT molecular complexity index is 989. The summed E-state index contributed by atoms with van der Waals surface area (Å²) < 4.78 is 0. The molecule has 1 aliphatic rings. The van der Waals surface area contributed by atoms with E-state index in [1.54, 1.807) is 30.7 Å². The SMILES string of the molecule is Cc1ccc(C(=O)N[C@@H]2CCCc3nc(-c4cccnc4)ncc32)c(O)c1. The maximum absolute atomic E-state index is 12.6. The number of pyridine rings is 1. The summed E-state index contributed by atoms with van der Waals surface area (Å²) in [5.74, 6) is 0.346. The van der Waals surface area contributed by atoms with Crippen LogP contribution >= 0.6 is 0 Å². The number of aryl methyl sites for hydroxylation is 2. The second-order valence-corrected chi connectivity index (χ2v) is 6.78. The molecule has 2 heterocycles. The molecule has 136 valence electrons. The summed E-state index contributed by atoms with van der Waals surface area (Å²) in [5.41, 5.74) is 3.95. The van der Waals surface area contributed by atoms with Crippen molar-refractivity contribution < 1.29 is 9.90 Å². The third-order valence-electron chi connectivity index (χ3n) is 4.80. The number of hydrogen-bond donors (Lipinski definition) is 2. The number of phenols is 1. The summed E-state index contributed by atoms with van der Waals surface area (Å²) in [5, 5.41) is 13.1. The zero-order valence-electron chi connectivity index (χ0n) is 15.0. The highest BCUT2D eigenvalue weighted by Crippen LogP contribution is 2.30. The number of rotatable bonds is 3. The van der Waals surface area contributed by atoms with Crippen LogP contribution in [0.3, 0.4) is 0 Å². The summed E-state index contributed by atoms with van der Waals surface area (Å²) >= 11 is 0. The van der Waals surface area contributed by atoms with E-state index in [1.165, 1.54) is 0 Å². The third kappa shape index (κ3) is 3.51. The van der Waals surface area contributed by atoms with Crippen LogP contribution in [0.15, 0.2) is 48.9 Å². The Labute approximate surface area is 157 Å². The molecule has 0 spiro atoms. The second-order valence-electron chi connectivity index (χ2n) is 6.78. The van der Waals surface area contributed by atoms with Crippen LogP contribution in [-0.4, -0.2) is 26.0 Å². The highest BCUT2D eigenvalue weighted by Gasteiger charge is 2.25. The van der Waals surface area contributed by atoms with Gasteiger partial charge in [0.1, 0.15) is 5.75 Å². The van der Waals surface area contributed by atoms with Crippen molar-refractivity contribution in [3.05, 3.63) is 71.3 Å². The zero-order chi connectivity index (χ0) is 18.8. The quantitative estimate of drug-likeness (QED) is 0.748. The van der Waals surface area contributed by atoms with E-state index < -0.39 is 0 Å². The molecule has 27 heavy (non-hydrogen) atoms. The van der Waals surface area contributed by atoms with Gasteiger partial charge in [-0.05, 0) is 56.0 Å². The molecule has 1 aliphatic carbocycles. The number of hydrogen-bond acceptors (Lipinski definition) is 5. The first kappa shape index (κ1) is 17.1. The fraction of sp³-hybridized carbons (Fsp3) is 0.238. The predicted octanol–water partition coefficient (Wildman–Crippen LogP) is 3.36. The first-order valence-electron chi connectivity index (χ1n) is 8.98. The molecule has 6 nitrogen and oxygen atoms in total. The van der Waals surface area contributed by atoms with Crippen molar-refractivity contribution in [1.82, 2.24) is 20.3 Å². The van der Waals surface area contributed by atoms with E-state index in [1.807, 2.05) is 25.1 Å². The number of aromatic hydroxyl groups is 1. The Morgan fingerprint density at radius 3 is 2.93 bits per heavy atom. The molecule has 6 heteroatoms. The van der Waals surface area contributed by atoms with Gasteiger partial charge in [0.05, 0.1) is 11.6 Å². The first-order chi connectivity index (χ1) is 13.1. The number of benzene rings is 1. The average Bonchev–Trinajstić information content (AvgIpc) is 2.68. The van der Waals surface area contributed by atoms with Gasteiger partial charge in [0.25, 0.3) is 5.91 Å². The van der Waals surface area contributed by atoms with Gasteiger partial charge in [-0.25, -0.2) is 9.97 Å². The van der Waals surface area contributed by atoms with Gasteiger partial charge < -0.3 is 10.4 Å². The Balaban J connectivity index is 1.59. The van der Waals surface area contributed by atoms with Crippen molar-refractivity contribution in [2.24, 2.45) is 0 Å². The number of carbonyl (C=O) groups excluding carboxylic acids is 1. The van der Waals surface area contributed by atoms with E-state index in [-0.39, 0.29) is 23.3 Å². The van der Waals surface area contributed by atoms with Crippen molar-refractivity contribution in [3.8, 4) is 17.1 Å². The van der Waals surface area contributed by atoms with Crippen LogP contribution in [0.5, 0.6) is 5.75 Å². The number of nitrogens with one attached hydrogen (secondary N) is 1. The lowest BCUT2D eigenvalue weighted by Crippen LogP contribution is -2.31. The Kier molecular flexibility index (Phi) is 4.54. The number of carbonyl (C=O) groups is 1. The fourth-order valence-corrected chi connectivity index (χ4v) is 3.40. The minimum atomic E-state index is -0.290. The molecule has 0 fully saturated rings. The molecule has 0 radical (unpaired) electrons. The first-order valence-corrected chi connectivity index (χ1v) is 8.98. The van der Waals surface area contributed by atoms with Crippen molar-refractivity contribution >= 4 is 5.91 Å². The summed E-state index contributed by atoms with van der Waals surface area (Å²) in [6.07, 6.45) is 7.86. The average molecular weight is 360 g/mol. The standard InChI is InChI=1S/C21H20N4O2/c1-13-7-8-15(19(26)10-13)21(27)25-18-6-2-5-17-16(18)12-23-20(24-17)14-4-3-9-22-11-14/h3-4,7-12,18,26H,2,5-6H2,1H3,(H,25,27)/t18-/m1/s1. The number of aromatic nitrogens is 3. The Hall–Kier alpha value is -3.28. The van der Waals surface area contributed by atoms with Gasteiger partial charge in [-0.2, -0.15) is 0 Å². The topological polar surface area (TPSA) is 88.0 Å². The third-order valence-corrected chi connectivity index (χ3v) is 4.80. The van der Waals surface area contributed by atoms with Gasteiger partial charge in [-0.1, -0.05) is 6.07 Å². The molecule has 0 aliphatic heterocycles. The van der Waals surface area contributed by atoms with Crippen molar-refractivity contribution in [1.29, 1.82) is 0 Å².